The average Bonchev–Trinajstić information content (AvgIpc) is 2.65. The van der Waals surface area contributed by atoms with Crippen molar-refractivity contribution in [2.24, 2.45) is 21.9 Å². The Kier molecular flexibility index (Phi) is 7.58. The molecule has 7 nitrogen and oxygen atoms in total. The predicted octanol–water partition coefficient (Wildman–Crippen LogP) is 3.17. The monoisotopic (exact) mass is 410 g/mol. The lowest BCUT2D eigenvalue weighted by Crippen LogP contribution is -2.25. The summed E-state index contributed by atoms with van der Waals surface area (Å²) in [5.41, 5.74) is 13.7. The highest BCUT2D eigenvalue weighted by atomic mass is 16.4. The van der Waals surface area contributed by atoms with Gasteiger partial charge >= 0.3 is 5.97 Å². The maximum absolute atomic E-state index is 12.4. The minimum absolute atomic E-state index is 0.0620. The van der Waals surface area contributed by atoms with Gasteiger partial charge < -0.3 is 21.9 Å². The molecular weight excluding hydrogens is 380 g/mol. The van der Waals surface area contributed by atoms with Gasteiger partial charge in [0.25, 0.3) is 5.91 Å². The molecule has 0 saturated heterocycles. The van der Waals surface area contributed by atoms with Crippen LogP contribution in [0.1, 0.15) is 54.6 Å². The van der Waals surface area contributed by atoms with Crippen LogP contribution in [0.2, 0.25) is 0 Å². The number of carboxylic acids is 1. The van der Waals surface area contributed by atoms with Crippen molar-refractivity contribution in [3.05, 3.63) is 65.2 Å². The maximum atomic E-state index is 12.4. The van der Waals surface area contributed by atoms with Gasteiger partial charge in [0.2, 0.25) is 0 Å². The van der Waals surface area contributed by atoms with Gasteiger partial charge in [-0.05, 0) is 47.1 Å². The molecule has 1 amide bonds. The number of carboxylic acid groups (broad SMARTS) is 1. The van der Waals surface area contributed by atoms with E-state index >= 15 is 0 Å². The van der Waals surface area contributed by atoms with E-state index in [4.69, 9.17) is 11.5 Å². The Labute approximate surface area is 177 Å². The standard InChI is InChI=1S/C23H30N4O3/c1-23(2,3)19(14-20(28)29)16-9-7-15(8-10-16)11-12-26-21(30)17-5-4-6-18(13-17)27-22(24)25/h4-10,13,19H,11-12,14H2,1-3H3,(H,26,30)(H,28,29)(H4,24,25,27). The van der Waals surface area contributed by atoms with Crippen LogP contribution in [0.3, 0.4) is 0 Å². The quantitative estimate of drug-likeness (QED) is 0.392. The van der Waals surface area contributed by atoms with Crippen molar-refractivity contribution in [1.29, 1.82) is 0 Å². The Morgan fingerprint density at radius 3 is 2.33 bits per heavy atom. The molecule has 0 aliphatic rings. The van der Waals surface area contributed by atoms with Crippen LogP contribution in [-0.4, -0.2) is 29.5 Å². The molecule has 0 spiro atoms. The Morgan fingerprint density at radius 1 is 1.10 bits per heavy atom. The second kappa shape index (κ2) is 9.91. The number of aliphatic carboxylic acids is 1. The molecule has 0 aliphatic carbocycles. The highest BCUT2D eigenvalue weighted by Gasteiger charge is 2.28. The van der Waals surface area contributed by atoms with E-state index in [1.54, 1.807) is 24.3 Å². The molecule has 0 heterocycles. The molecule has 2 aromatic rings. The fraction of sp³-hybridized carbons (Fsp3) is 0.348. The number of hydrogen-bond donors (Lipinski definition) is 4. The fourth-order valence-corrected chi connectivity index (χ4v) is 3.30. The first-order valence-electron chi connectivity index (χ1n) is 9.85. The number of guanidine groups is 1. The lowest BCUT2D eigenvalue weighted by Gasteiger charge is -2.30. The van der Waals surface area contributed by atoms with E-state index in [-0.39, 0.29) is 29.6 Å². The third kappa shape index (κ3) is 6.92. The molecule has 0 aromatic heterocycles. The largest absolute Gasteiger partial charge is 0.481 e. The zero-order chi connectivity index (χ0) is 22.3. The molecule has 0 fully saturated rings. The number of carbonyl (C=O) groups is 2. The number of aliphatic imine (C=N–C) groups is 1. The number of benzene rings is 2. The van der Waals surface area contributed by atoms with Crippen molar-refractivity contribution in [2.45, 2.75) is 39.5 Å². The smallest absolute Gasteiger partial charge is 0.303 e. The molecule has 0 saturated carbocycles. The van der Waals surface area contributed by atoms with Crippen molar-refractivity contribution in [3.63, 3.8) is 0 Å². The van der Waals surface area contributed by atoms with E-state index < -0.39 is 5.97 Å². The van der Waals surface area contributed by atoms with Crippen LogP contribution in [0.25, 0.3) is 0 Å². The lowest BCUT2D eigenvalue weighted by molar-refractivity contribution is -0.138. The van der Waals surface area contributed by atoms with Crippen LogP contribution >= 0.6 is 0 Å². The van der Waals surface area contributed by atoms with Gasteiger partial charge in [-0.25, -0.2) is 4.99 Å². The molecule has 7 heteroatoms. The van der Waals surface area contributed by atoms with Gasteiger partial charge in [0.15, 0.2) is 5.96 Å². The van der Waals surface area contributed by atoms with Crippen LogP contribution < -0.4 is 16.8 Å². The Bertz CT molecular complexity index is 911. The van der Waals surface area contributed by atoms with Crippen molar-refractivity contribution in [2.75, 3.05) is 6.54 Å². The maximum Gasteiger partial charge on any atom is 0.303 e. The van der Waals surface area contributed by atoms with Crippen molar-refractivity contribution >= 4 is 23.5 Å². The first-order valence-corrected chi connectivity index (χ1v) is 9.85. The van der Waals surface area contributed by atoms with E-state index in [9.17, 15) is 14.7 Å². The third-order valence-electron chi connectivity index (χ3n) is 4.87. The fourth-order valence-electron chi connectivity index (χ4n) is 3.30. The number of nitrogens with zero attached hydrogens (tertiary/aromatic N) is 1. The minimum atomic E-state index is -0.800. The van der Waals surface area contributed by atoms with Crippen LogP contribution in [0, 0.1) is 5.41 Å². The van der Waals surface area contributed by atoms with E-state index in [0.29, 0.717) is 24.2 Å². The predicted molar refractivity (Wildman–Crippen MR) is 119 cm³/mol. The molecule has 6 N–H and O–H groups in total. The molecule has 0 bridgehead atoms. The Morgan fingerprint density at radius 2 is 1.77 bits per heavy atom. The minimum Gasteiger partial charge on any atom is -0.481 e. The summed E-state index contributed by atoms with van der Waals surface area (Å²) in [6.07, 6.45) is 0.760. The highest BCUT2D eigenvalue weighted by molar-refractivity contribution is 5.95. The summed E-state index contributed by atoms with van der Waals surface area (Å²) in [5.74, 6) is -1.13. The van der Waals surface area contributed by atoms with Gasteiger partial charge in [0.05, 0.1) is 12.1 Å². The second-order valence-corrected chi connectivity index (χ2v) is 8.35. The molecule has 0 radical (unpaired) electrons. The van der Waals surface area contributed by atoms with Gasteiger partial charge in [-0.15, -0.1) is 0 Å². The lowest BCUT2D eigenvalue weighted by atomic mass is 9.74. The number of rotatable bonds is 8. The first-order chi connectivity index (χ1) is 14.1. The van der Waals surface area contributed by atoms with E-state index in [1.165, 1.54) is 0 Å². The molecule has 160 valence electrons. The highest BCUT2D eigenvalue weighted by Crippen LogP contribution is 2.37. The van der Waals surface area contributed by atoms with Crippen LogP contribution in [0.4, 0.5) is 5.69 Å². The Hall–Kier alpha value is -3.35. The molecule has 0 aliphatic heterocycles. The first kappa shape index (κ1) is 22.9. The topological polar surface area (TPSA) is 131 Å². The molecule has 1 atom stereocenters. The Balaban J connectivity index is 1.96. The summed E-state index contributed by atoms with van der Waals surface area (Å²) in [7, 11) is 0. The van der Waals surface area contributed by atoms with Gasteiger partial charge in [-0.1, -0.05) is 51.1 Å². The SMILES string of the molecule is CC(C)(C)C(CC(=O)O)c1ccc(CCNC(=O)c2cccc(N=C(N)N)c2)cc1. The summed E-state index contributed by atoms with van der Waals surface area (Å²) in [5, 5.41) is 12.1. The van der Waals surface area contributed by atoms with Crippen LogP contribution in [0.15, 0.2) is 53.5 Å². The van der Waals surface area contributed by atoms with Gasteiger partial charge in [-0.3, -0.25) is 9.59 Å². The number of carbonyl (C=O) groups excluding carboxylic acids is 1. The van der Waals surface area contributed by atoms with Crippen molar-refractivity contribution in [3.8, 4) is 0 Å². The van der Waals surface area contributed by atoms with Gasteiger partial charge in [0.1, 0.15) is 0 Å². The summed E-state index contributed by atoms with van der Waals surface area (Å²) < 4.78 is 0. The molecule has 1 unspecified atom stereocenters. The third-order valence-corrected chi connectivity index (χ3v) is 4.87. The zero-order valence-electron chi connectivity index (χ0n) is 17.7. The summed E-state index contributed by atoms with van der Waals surface area (Å²) in [4.78, 5) is 27.5. The molecule has 2 aromatic carbocycles. The van der Waals surface area contributed by atoms with Gasteiger partial charge in [-0.2, -0.15) is 0 Å². The molecule has 2 rings (SSSR count). The van der Waals surface area contributed by atoms with Crippen molar-refractivity contribution < 1.29 is 14.7 Å². The number of hydrogen-bond acceptors (Lipinski definition) is 3. The summed E-state index contributed by atoms with van der Waals surface area (Å²) >= 11 is 0. The van der Waals surface area contributed by atoms with E-state index in [2.05, 4.69) is 10.3 Å². The molecule has 30 heavy (non-hydrogen) atoms. The normalized spacial score (nSPS) is 12.1. The van der Waals surface area contributed by atoms with Crippen LogP contribution in [-0.2, 0) is 11.2 Å². The zero-order valence-corrected chi connectivity index (χ0v) is 17.7. The summed E-state index contributed by atoms with van der Waals surface area (Å²) in [6, 6.07) is 14.7. The van der Waals surface area contributed by atoms with Crippen LogP contribution in [0.5, 0.6) is 0 Å². The van der Waals surface area contributed by atoms with E-state index in [0.717, 1.165) is 11.1 Å². The van der Waals surface area contributed by atoms with Gasteiger partial charge in [0, 0.05) is 12.1 Å². The number of nitrogens with two attached hydrogens (primary N) is 2. The second-order valence-electron chi connectivity index (χ2n) is 8.35. The summed E-state index contributed by atoms with van der Waals surface area (Å²) in [6.45, 7) is 6.62. The van der Waals surface area contributed by atoms with Crippen molar-refractivity contribution in [1.82, 2.24) is 5.32 Å². The number of amides is 1. The molecular formula is C23H30N4O3. The van der Waals surface area contributed by atoms with E-state index in [1.807, 2.05) is 45.0 Å². The average molecular weight is 411 g/mol. The number of nitrogens with one attached hydrogen (secondary N) is 1.